The molecule has 1 saturated carbocycles. The molecule has 0 amide bonds. The van der Waals surface area contributed by atoms with Crippen molar-refractivity contribution in [1.29, 1.82) is 0 Å². The largest absolute Gasteiger partial charge is 0.474 e. The molecule has 5 nitrogen and oxygen atoms in total. The predicted molar refractivity (Wildman–Crippen MR) is 102 cm³/mol. The van der Waals surface area contributed by atoms with Crippen LogP contribution in [0.3, 0.4) is 0 Å². The van der Waals surface area contributed by atoms with Gasteiger partial charge in [0.2, 0.25) is 5.88 Å². The third kappa shape index (κ3) is 5.21. The summed E-state index contributed by atoms with van der Waals surface area (Å²) in [4.78, 5) is 8.76. The fourth-order valence-corrected chi connectivity index (χ4v) is 3.16. The Labute approximate surface area is 149 Å². The molecule has 0 radical (unpaired) electrons. The number of rotatable bonds is 5. The van der Waals surface area contributed by atoms with Crippen molar-refractivity contribution in [2.75, 3.05) is 5.32 Å². The molecule has 5 heteroatoms. The first-order chi connectivity index (χ1) is 12.1. The van der Waals surface area contributed by atoms with E-state index in [-0.39, 0.29) is 0 Å². The topological polar surface area (TPSA) is 72.5 Å². The van der Waals surface area contributed by atoms with Gasteiger partial charge in [0.05, 0.1) is 6.54 Å². The van der Waals surface area contributed by atoms with Crippen LogP contribution in [0, 0.1) is 13.8 Å². The highest BCUT2D eigenvalue weighted by molar-refractivity contribution is 5.92. The van der Waals surface area contributed by atoms with Crippen molar-refractivity contribution in [3.63, 3.8) is 0 Å². The molecular formula is C20H26N4O. The third-order valence-corrected chi connectivity index (χ3v) is 4.31. The monoisotopic (exact) mass is 338 g/mol. The number of pyridine rings is 1. The second-order valence-electron chi connectivity index (χ2n) is 6.73. The summed E-state index contributed by atoms with van der Waals surface area (Å²) in [5.41, 5.74) is 10.3. The quantitative estimate of drug-likeness (QED) is 0.639. The number of hydrogen-bond acceptors (Lipinski definition) is 3. The van der Waals surface area contributed by atoms with Gasteiger partial charge in [-0.05, 0) is 68.4 Å². The molecule has 0 spiro atoms. The molecule has 0 aliphatic heterocycles. The highest BCUT2D eigenvalue weighted by atomic mass is 16.5. The number of nitrogens with two attached hydrogens (primary N) is 1. The molecule has 1 aromatic carbocycles. The summed E-state index contributed by atoms with van der Waals surface area (Å²) in [6, 6.07) is 10.1. The van der Waals surface area contributed by atoms with Crippen molar-refractivity contribution < 1.29 is 4.74 Å². The number of benzene rings is 1. The maximum atomic E-state index is 5.99. The van der Waals surface area contributed by atoms with Gasteiger partial charge in [-0.1, -0.05) is 12.1 Å². The maximum absolute atomic E-state index is 5.99. The predicted octanol–water partition coefficient (Wildman–Crippen LogP) is 3.95. The zero-order valence-electron chi connectivity index (χ0n) is 15.0. The van der Waals surface area contributed by atoms with E-state index in [0.717, 1.165) is 24.1 Å². The van der Waals surface area contributed by atoms with Gasteiger partial charge in [0, 0.05) is 18.0 Å². The molecule has 132 valence electrons. The Balaban J connectivity index is 1.55. The third-order valence-electron chi connectivity index (χ3n) is 4.31. The smallest absolute Gasteiger partial charge is 0.213 e. The fourth-order valence-electron chi connectivity index (χ4n) is 3.16. The van der Waals surface area contributed by atoms with Gasteiger partial charge in [-0.25, -0.2) is 9.98 Å². The van der Waals surface area contributed by atoms with Gasteiger partial charge in [0.15, 0.2) is 5.96 Å². The van der Waals surface area contributed by atoms with Gasteiger partial charge in [-0.3, -0.25) is 0 Å². The lowest BCUT2D eigenvalue weighted by atomic mass is 10.1. The number of ether oxygens (including phenoxy) is 1. The Kier molecular flexibility index (Phi) is 5.53. The van der Waals surface area contributed by atoms with Crippen LogP contribution in [0.2, 0.25) is 0 Å². The number of hydrogen-bond donors (Lipinski definition) is 2. The Morgan fingerprint density at radius 3 is 2.56 bits per heavy atom. The van der Waals surface area contributed by atoms with Crippen LogP contribution in [0.1, 0.15) is 42.4 Å². The number of nitrogens with zero attached hydrogens (tertiary/aromatic N) is 2. The summed E-state index contributed by atoms with van der Waals surface area (Å²) >= 11 is 0. The van der Waals surface area contributed by atoms with E-state index in [9.17, 15) is 0 Å². The van der Waals surface area contributed by atoms with Gasteiger partial charge in [0.25, 0.3) is 0 Å². The standard InChI is InChI=1S/C20H26N4O/c1-14-9-15(2)11-17(10-14)24-20(21)23-13-16-7-8-19(22-12-16)25-18-5-3-4-6-18/h7-12,18H,3-6,13H2,1-2H3,(H3,21,23,24). The molecule has 0 bridgehead atoms. The number of aromatic nitrogens is 1. The van der Waals surface area contributed by atoms with Crippen LogP contribution in [0.4, 0.5) is 5.69 Å². The molecule has 0 unspecified atom stereocenters. The number of guanidine groups is 1. The Morgan fingerprint density at radius 1 is 1.20 bits per heavy atom. The molecule has 1 heterocycles. The van der Waals surface area contributed by atoms with Gasteiger partial charge in [-0.15, -0.1) is 0 Å². The van der Waals surface area contributed by atoms with E-state index in [2.05, 4.69) is 35.2 Å². The van der Waals surface area contributed by atoms with E-state index in [4.69, 9.17) is 10.5 Å². The lowest BCUT2D eigenvalue weighted by Crippen LogP contribution is -2.22. The maximum Gasteiger partial charge on any atom is 0.213 e. The van der Waals surface area contributed by atoms with Gasteiger partial charge in [-0.2, -0.15) is 0 Å². The van der Waals surface area contributed by atoms with Gasteiger partial charge >= 0.3 is 0 Å². The molecule has 1 aliphatic carbocycles. The SMILES string of the molecule is Cc1cc(C)cc(NC(N)=NCc2ccc(OC3CCCC3)nc2)c1. The summed E-state index contributed by atoms with van der Waals surface area (Å²) in [6.45, 7) is 4.61. The fraction of sp³-hybridized carbons (Fsp3) is 0.400. The van der Waals surface area contributed by atoms with Crippen LogP contribution in [0.15, 0.2) is 41.5 Å². The molecule has 3 N–H and O–H groups in total. The lowest BCUT2D eigenvalue weighted by molar-refractivity contribution is 0.201. The molecule has 1 aliphatic rings. The lowest BCUT2D eigenvalue weighted by Gasteiger charge is -2.12. The first kappa shape index (κ1) is 17.3. The van der Waals surface area contributed by atoms with Crippen molar-refractivity contribution in [2.24, 2.45) is 10.7 Å². The minimum absolute atomic E-state index is 0.328. The number of nitrogens with one attached hydrogen (secondary N) is 1. The normalized spacial score (nSPS) is 15.4. The highest BCUT2D eigenvalue weighted by Gasteiger charge is 2.16. The Morgan fingerprint density at radius 2 is 1.92 bits per heavy atom. The second-order valence-corrected chi connectivity index (χ2v) is 6.73. The van der Waals surface area contributed by atoms with E-state index < -0.39 is 0 Å². The number of aryl methyl sites for hydroxylation is 2. The zero-order valence-corrected chi connectivity index (χ0v) is 15.0. The van der Waals surface area contributed by atoms with E-state index in [0.29, 0.717) is 24.5 Å². The van der Waals surface area contributed by atoms with E-state index in [1.807, 2.05) is 24.3 Å². The molecule has 0 atom stereocenters. The van der Waals surface area contributed by atoms with Crippen molar-refractivity contribution in [3.8, 4) is 5.88 Å². The highest BCUT2D eigenvalue weighted by Crippen LogP contribution is 2.23. The molecular weight excluding hydrogens is 312 g/mol. The number of aliphatic imine (C=N–C) groups is 1. The van der Waals surface area contributed by atoms with Crippen LogP contribution in [-0.2, 0) is 6.54 Å². The van der Waals surface area contributed by atoms with Crippen LogP contribution in [0.25, 0.3) is 0 Å². The van der Waals surface area contributed by atoms with Crippen LogP contribution < -0.4 is 15.8 Å². The first-order valence-electron chi connectivity index (χ1n) is 8.85. The zero-order chi connectivity index (χ0) is 17.6. The Bertz CT molecular complexity index is 714. The van der Waals surface area contributed by atoms with Crippen LogP contribution in [-0.4, -0.2) is 17.0 Å². The minimum atomic E-state index is 0.328. The van der Waals surface area contributed by atoms with E-state index >= 15 is 0 Å². The van der Waals surface area contributed by atoms with E-state index in [1.165, 1.54) is 24.0 Å². The van der Waals surface area contributed by atoms with Gasteiger partial charge in [0.1, 0.15) is 6.10 Å². The molecule has 25 heavy (non-hydrogen) atoms. The Hall–Kier alpha value is -2.56. The minimum Gasteiger partial charge on any atom is -0.474 e. The molecule has 0 saturated heterocycles. The van der Waals surface area contributed by atoms with Crippen molar-refractivity contribution in [2.45, 2.75) is 52.2 Å². The average molecular weight is 338 g/mol. The molecule has 1 fully saturated rings. The summed E-state index contributed by atoms with van der Waals surface area (Å²) < 4.78 is 5.87. The van der Waals surface area contributed by atoms with E-state index in [1.54, 1.807) is 6.20 Å². The first-order valence-corrected chi connectivity index (χ1v) is 8.85. The number of anilines is 1. The molecule has 1 aromatic heterocycles. The molecule has 3 rings (SSSR count). The van der Waals surface area contributed by atoms with Crippen LogP contribution in [0.5, 0.6) is 5.88 Å². The molecule has 2 aromatic rings. The summed E-state index contributed by atoms with van der Waals surface area (Å²) in [5, 5.41) is 3.14. The van der Waals surface area contributed by atoms with Crippen molar-refractivity contribution in [1.82, 2.24) is 4.98 Å². The second kappa shape index (κ2) is 8.01. The van der Waals surface area contributed by atoms with Crippen molar-refractivity contribution >= 4 is 11.6 Å². The van der Waals surface area contributed by atoms with Crippen LogP contribution >= 0.6 is 0 Å². The average Bonchev–Trinajstić information content (AvgIpc) is 3.06. The van der Waals surface area contributed by atoms with Crippen molar-refractivity contribution in [3.05, 3.63) is 53.2 Å². The summed E-state index contributed by atoms with van der Waals surface area (Å²) in [7, 11) is 0. The van der Waals surface area contributed by atoms with Gasteiger partial charge < -0.3 is 15.8 Å². The summed E-state index contributed by atoms with van der Waals surface area (Å²) in [5.74, 6) is 1.09. The summed E-state index contributed by atoms with van der Waals surface area (Å²) in [6.07, 6.45) is 6.91.